The monoisotopic (exact) mass is 494 g/mol. The fraction of sp³-hybridized carbons (Fsp3) is 0.364. The molecule has 11 heteroatoms. The Kier molecular flexibility index (Phi) is 6.35. The van der Waals surface area contributed by atoms with E-state index in [1.54, 1.807) is 6.07 Å². The molecule has 2 heterocycles. The second kappa shape index (κ2) is 8.92. The van der Waals surface area contributed by atoms with E-state index >= 15 is 0 Å². The summed E-state index contributed by atoms with van der Waals surface area (Å²) in [7, 11) is -3.70. The van der Waals surface area contributed by atoms with E-state index in [1.165, 1.54) is 37.7 Å². The lowest BCUT2D eigenvalue weighted by atomic mass is 10.3. The number of hydrogen-bond acceptors (Lipinski definition) is 4. The number of imidazole rings is 1. The molecule has 1 aliphatic heterocycles. The number of aromatic nitrogens is 2. The van der Waals surface area contributed by atoms with Gasteiger partial charge in [0, 0.05) is 24.8 Å². The molecule has 3 aromatic rings. The third-order valence-electron chi connectivity index (χ3n) is 5.66. The average Bonchev–Trinajstić information content (AvgIpc) is 3.38. The summed E-state index contributed by atoms with van der Waals surface area (Å²) in [6, 6.07) is 8.11. The minimum atomic E-state index is -3.70. The number of benzene rings is 2. The summed E-state index contributed by atoms with van der Waals surface area (Å²) in [5.74, 6) is -1.15. The van der Waals surface area contributed by atoms with Crippen LogP contribution < -0.4 is 11.0 Å². The fourth-order valence-electron chi connectivity index (χ4n) is 4.07. The Morgan fingerprint density at radius 3 is 2.45 bits per heavy atom. The number of amides is 1. The average molecular weight is 495 g/mol. The van der Waals surface area contributed by atoms with Crippen LogP contribution >= 0.6 is 11.6 Å². The van der Waals surface area contributed by atoms with E-state index in [4.69, 9.17) is 11.6 Å². The van der Waals surface area contributed by atoms with Gasteiger partial charge in [0.25, 0.3) is 0 Å². The van der Waals surface area contributed by atoms with Crippen LogP contribution in [0.5, 0.6) is 0 Å². The molecule has 1 saturated heterocycles. The van der Waals surface area contributed by atoms with Crippen LogP contribution in [0.2, 0.25) is 5.02 Å². The standard InChI is InChI=1S/C22H24ClFN4O4S/c1-14(2)28-19-8-6-16(33(31,32)26-9-3-4-10-26)12-20(19)27(22(28)30)13-21(29)25-15-5-7-18(24)17(23)11-15/h5-8,11-12,14H,3-4,9-10,13H2,1-2H3,(H,25,29). The quantitative estimate of drug-likeness (QED) is 0.566. The van der Waals surface area contributed by atoms with E-state index in [-0.39, 0.29) is 28.2 Å². The van der Waals surface area contributed by atoms with Gasteiger partial charge in [0.15, 0.2) is 0 Å². The molecule has 176 valence electrons. The maximum absolute atomic E-state index is 13.4. The molecule has 8 nitrogen and oxygen atoms in total. The van der Waals surface area contributed by atoms with E-state index in [0.717, 1.165) is 18.9 Å². The van der Waals surface area contributed by atoms with Gasteiger partial charge in [0.1, 0.15) is 12.4 Å². The first-order chi connectivity index (χ1) is 15.6. The molecule has 0 aliphatic carbocycles. The first-order valence-corrected chi connectivity index (χ1v) is 12.4. The summed E-state index contributed by atoms with van der Waals surface area (Å²) in [6.07, 6.45) is 1.62. The number of hydrogen-bond donors (Lipinski definition) is 1. The zero-order valence-electron chi connectivity index (χ0n) is 18.2. The first-order valence-electron chi connectivity index (χ1n) is 10.6. The van der Waals surface area contributed by atoms with E-state index in [1.807, 2.05) is 13.8 Å². The Hall–Kier alpha value is -2.69. The van der Waals surface area contributed by atoms with E-state index < -0.39 is 27.4 Å². The number of nitrogens with one attached hydrogen (secondary N) is 1. The fourth-order valence-corrected chi connectivity index (χ4v) is 5.79. The third kappa shape index (κ3) is 4.42. The molecular formula is C22H24ClFN4O4S. The molecule has 0 spiro atoms. The lowest BCUT2D eigenvalue weighted by molar-refractivity contribution is -0.116. The minimum Gasteiger partial charge on any atom is -0.324 e. The molecule has 33 heavy (non-hydrogen) atoms. The second-order valence-electron chi connectivity index (χ2n) is 8.27. The molecule has 1 fully saturated rings. The Morgan fingerprint density at radius 2 is 1.82 bits per heavy atom. The van der Waals surface area contributed by atoms with Gasteiger partial charge in [-0.05, 0) is 63.1 Å². The number of carbonyl (C=O) groups is 1. The summed E-state index contributed by atoms with van der Waals surface area (Å²) in [6.45, 7) is 4.24. The molecule has 2 aromatic carbocycles. The summed E-state index contributed by atoms with van der Waals surface area (Å²) in [4.78, 5) is 25.9. The summed E-state index contributed by atoms with van der Waals surface area (Å²) in [5, 5.41) is 2.45. The molecule has 0 radical (unpaired) electrons. The van der Waals surface area contributed by atoms with Crippen molar-refractivity contribution in [2.45, 2.75) is 44.2 Å². The Labute approximate surface area is 195 Å². The Balaban J connectivity index is 1.74. The molecule has 0 atom stereocenters. The van der Waals surface area contributed by atoms with Gasteiger partial charge in [-0.1, -0.05) is 11.6 Å². The van der Waals surface area contributed by atoms with E-state index in [0.29, 0.717) is 24.1 Å². The van der Waals surface area contributed by atoms with Crippen LogP contribution in [0, 0.1) is 5.82 Å². The van der Waals surface area contributed by atoms with Crippen molar-refractivity contribution in [3.05, 3.63) is 57.7 Å². The second-order valence-corrected chi connectivity index (χ2v) is 10.6. The van der Waals surface area contributed by atoms with Crippen molar-refractivity contribution >= 4 is 44.3 Å². The number of fused-ring (bicyclic) bond motifs is 1. The van der Waals surface area contributed by atoms with Gasteiger partial charge in [0.05, 0.1) is 21.0 Å². The molecule has 1 amide bonds. The largest absolute Gasteiger partial charge is 0.329 e. The maximum atomic E-state index is 13.4. The molecular weight excluding hydrogens is 471 g/mol. The van der Waals surface area contributed by atoms with Crippen molar-refractivity contribution in [1.29, 1.82) is 0 Å². The van der Waals surface area contributed by atoms with Gasteiger partial charge in [-0.2, -0.15) is 4.31 Å². The van der Waals surface area contributed by atoms with Crippen LogP contribution in [0.1, 0.15) is 32.7 Å². The zero-order chi connectivity index (χ0) is 23.9. The molecule has 1 aliphatic rings. The van der Waals surface area contributed by atoms with Gasteiger partial charge in [0.2, 0.25) is 15.9 Å². The van der Waals surface area contributed by atoms with Crippen molar-refractivity contribution in [3.8, 4) is 0 Å². The molecule has 1 N–H and O–H groups in total. The van der Waals surface area contributed by atoms with Gasteiger partial charge < -0.3 is 5.32 Å². The highest BCUT2D eigenvalue weighted by atomic mass is 35.5. The zero-order valence-corrected chi connectivity index (χ0v) is 19.8. The van der Waals surface area contributed by atoms with Crippen molar-refractivity contribution in [2.24, 2.45) is 0 Å². The van der Waals surface area contributed by atoms with Crippen LogP contribution in [-0.4, -0.2) is 40.9 Å². The highest BCUT2D eigenvalue weighted by molar-refractivity contribution is 7.89. The lowest BCUT2D eigenvalue weighted by Crippen LogP contribution is -2.30. The summed E-state index contributed by atoms with van der Waals surface area (Å²) >= 11 is 5.77. The Morgan fingerprint density at radius 1 is 1.12 bits per heavy atom. The maximum Gasteiger partial charge on any atom is 0.329 e. The number of rotatable bonds is 6. The van der Waals surface area contributed by atoms with Crippen molar-refractivity contribution in [1.82, 2.24) is 13.4 Å². The molecule has 0 saturated carbocycles. The highest BCUT2D eigenvalue weighted by Gasteiger charge is 2.28. The van der Waals surface area contributed by atoms with Crippen LogP contribution in [0.25, 0.3) is 11.0 Å². The molecule has 1 aromatic heterocycles. The third-order valence-corrected chi connectivity index (χ3v) is 7.84. The minimum absolute atomic E-state index is 0.0808. The first kappa shape index (κ1) is 23.5. The predicted octanol–water partition coefficient (Wildman–Crippen LogP) is 3.60. The molecule has 0 bridgehead atoms. The lowest BCUT2D eigenvalue weighted by Gasteiger charge is -2.16. The van der Waals surface area contributed by atoms with Gasteiger partial charge >= 0.3 is 5.69 Å². The van der Waals surface area contributed by atoms with Gasteiger partial charge in [-0.3, -0.25) is 13.9 Å². The predicted molar refractivity (Wildman–Crippen MR) is 125 cm³/mol. The summed E-state index contributed by atoms with van der Waals surface area (Å²) in [5.41, 5.74) is 0.738. The number of sulfonamides is 1. The number of nitrogens with zero attached hydrogens (tertiary/aromatic N) is 3. The van der Waals surface area contributed by atoms with Crippen molar-refractivity contribution in [2.75, 3.05) is 18.4 Å². The van der Waals surface area contributed by atoms with Crippen molar-refractivity contribution in [3.63, 3.8) is 0 Å². The number of halogens is 2. The van der Waals surface area contributed by atoms with E-state index in [9.17, 15) is 22.4 Å². The smallest absolute Gasteiger partial charge is 0.324 e. The van der Waals surface area contributed by atoms with Crippen LogP contribution in [0.15, 0.2) is 46.1 Å². The van der Waals surface area contributed by atoms with Crippen molar-refractivity contribution < 1.29 is 17.6 Å². The number of anilines is 1. The topological polar surface area (TPSA) is 93.4 Å². The van der Waals surface area contributed by atoms with E-state index in [2.05, 4.69) is 5.32 Å². The SMILES string of the molecule is CC(C)n1c(=O)n(CC(=O)Nc2ccc(F)c(Cl)c2)c2cc(S(=O)(=O)N3CCCC3)ccc21. The van der Waals surface area contributed by atoms with Gasteiger partial charge in [-0.25, -0.2) is 17.6 Å². The van der Waals surface area contributed by atoms with Crippen LogP contribution in [0.3, 0.4) is 0 Å². The van der Waals surface area contributed by atoms with Gasteiger partial charge in [-0.15, -0.1) is 0 Å². The number of carbonyl (C=O) groups excluding carboxylic acids is 1. The highest BCUT2D eigenvalue weighted by Crippen LogP contribution is 2.26. The normalized spacial score (nSPS) is 14.9. The van der Waals surface area contributed by atoms with Crippen LogP contribution in [-0.2, 0) is 21.4 Å². The van der Waals surface area contributed by atoms with Crippen LogP contribution in [0.4, 0.5) is 10.1 Å². The molecule has 0 unspecified atom stereocenters. The molecule has 4 rings (SSSR count). The Bertz CT molecular complexity index is 1390. The summed E-state index contributed by atoms with van der Waals surface area (Å²) < 4.78 is 43.7.